The molecular formula is C23H21Cl3N4O2. The lowest BCUT2D eigenvalue weighted by Gasteiger charge is -2.36. The lowest BCUT2D eigenvalue weighted by molar-refractivity contribution is 0.337. The molecule has 0 unspecified atom stereocenters. The number of halogens is 3. The fraction of sp³-hybridized carbons (Fsp3) is 0.348. The molecular weight excluding hydrogens is 471 g/mol. The first-order chi connectivity index (χ1) is 15.3. The molecule has 0 aliphatic carbocycles. The quantitative estimate of drug-likeness (QED) is 0.393. The second-order valence-corrected chi connectivity index (χ2v) is 9.15. The molecule has 1 saturated heterocycles. The number of benzene rings is 1. The molecule has 9 heteroatoms. The highest BCUT2D eigenvalue weighted by Gasteiger charge is 2.31. The fourth-order valence-electron chi connectivity index (χ4n) is 3.91. The Balaban J connectivity index is 1.93. The van der Waals surface area contributed by atoms with E-state index < -0.39 is 0 Å². The molecule has 3 aromatic rings. The average Bonchev–Trinajstić information content (AvgIpc) is 2.79. The molecule has 1 aromatic carbocycles. The largest absolute Gasteiger partial charge is 0.495 e. The van der Waals surface area contributed by atoms with Crippen molar-refractivity contribution in [1.29, 1.82) is 5.26 Å². The Hall–Kier alpha value is -2.46. The van der Waals surface area contributed by atoms with Gasteiger partial charge in [0.1, 0.15) is 22.5 Å². The highest BCUT2D eigenvalue weighted by molar-refractivity contribution is 6.41. The number of pyridine rings is 2. The number of rotatable bonds is 4. The minimum atomic E-state index is -0.337. The summed E-state index contributed by atoms with van der Waals surface area (Å²) in [6.07, 6.45) is 3.18. The van der Waals surface area contributed by atoms with Crippen LogP contribution in [0.25, 0.3) is 22.0 Å². The van der Waals surface area contributed by atoms with Gasteiger partial charge in [0, 0.05) is 41.7 Å². The van der Waals surface area contributed by atoms with Crippen LogP contribution in [-0.2, 0) is 0 Å². The number of hydrogen-bond acceptors (Lipinski definition) is 6. The Labute approximate surface area is 201 Å². The first kappa shape index (κ1) is 22.7. The molecule has 1 aliphatic heterocycles. The van der Waals surface area contributed by atoms with Crippen molar-refractivity contribution < 1.29 is 9.47 Å². The predicted octanol–water partition coefficient (Wildman–Crippen LogP) is 6.40. The highest BCUT2D eigenvalue weighted by atomic mass is 35.5. The number of aromatic nitrogens is 2. The molecule has 166 valence electrons. The van der Waals surface area contributed by atoms with Crippen LogP contribution in [-0.4, -0.2) is 37.3 Å². The van der Waals surface area contributed by atoms with E-state index in [2.05, 4.69) is 16.0 Å². The summed E-state index contributed by atoms with van der Waals surface area (Å²) in [7, 11) is 3.06. The van der Waals surface area contributed by atoms with Crippen LogP contribution in [0.2, 0.25) is 15.2 Å². The number of nitrogens with zero attached hydrogens (tertiary/aromatic N) is 4. The summed E-state index contributed by atoms with van der Waals surface area (Å²) >= 11 is 19.5. The third kappa shape index (κ3) is 4.01. The molecule has 0 amide bonds. The van der Waals surface area contributed by atoms with E-state index in [1.165, 1.54) is 14.2 Å². The number of anilines is 1. The highest BCUT2D eigenvalue weighted by Crippen LogP contribution is 2.47. The van der Waals surface area contributed by atoms with Crippen molar-refractivity contribution in [3.63, 3.8) is 0 Å². The Kier molecular flexibility index (Phi) is 6.26. The lowest BCUT2D eigenvalue weighted by atomic mass is 9.82. The third-order valence-corrected chi connectivity index (χ3v) is 6.88. The van der Waals surface area contributed by atoms with Crippen molar-refractivity contribution >= 4 is 51.4 Å². The van der Waals surface area contributed by atoms with Crippen LogP contribution in [0.4, 0.5) is 5.82 Å². The van der Waals surface area contributed by atoms with Gasteiger partial charge in [0.05, 0.1) is 41.4 Å². The second-order valence-electron chi connectivity index (χ2n) is 8.00. The molecule has 32 heavy (non-hydrogen) atoms. The van der Waals surface area contributed by atoms with E-state index in [0.717, 1.165) is 29.4 Å². The topological polar surface area (TPSA) is 71.3 Å². The van der Waals surface area contributed by atoms with Crippen molar-refractivity contribution in [3.8, 4) is 28.8 Å². The van der Waals surface area contributed by atoms with E-state index in [0.29, 0.717) is 51.0 Å². The lowest BCUT2D eigenvalue weighted by Crippen LogP contribution is -2.38. The summed E-state index contributed by atoms with van der Waals surface area (Å²) in [4.78, 5) is 11.4. The van der Waals surface area contributed by atoms with E-state index in [1.54, 1.807) is 18.3 Å². The number of hydrogen-bond donors (Lipinski definition) is 0. The van der Waals surface area contributed by atoms with Gasteiger partial charge in [-0.05, 0) is 31.9 Å². The van der Waals surface area contributed by atoms with E-state index in [1.807, 2.05) is 13.0 Å². The summed E-state index contributed by atoms with van der Waals surface area (Å²) in [5.41, 5.74) is 0.745. The van der Waals surface area contributed by atoms with Gasteiger partial charge in [0.2, 0.25) is 0 Å². The monoisotopic (exact) mass is 490 g/mol. The average molecular weight is 492 g/mol. The number of piperidine rings is 1. The SMILES string of the molecule is COc1cc(OC)c(Cl)c(-c2cc3cnc(Cl)cc3c(N3CCC(C)(C#N)CC3)n2)c1Cl. The molecule has 4 rings (SSSR count). The van der Waals surface area contributed by atoms with E-state index in [-0.39, 0.29) is 5.41 Å². The Bertz CT molecular complexity index is 1210. The van der Waals surface area contributed by atoms with Crippen LogP contribution < -0.4 is 14.4 Å². The molecule has 0 saturated carbocycles. The van der Waals surface area contributed by atoms with Crippen LogP contribution in [0, 0.1) is 16.7 Å². The number of ether oxygens (including phenoxy) is 2. The third-order valence-electron chi connectivity index (χ3n) is 5.93. The Morgan fingerprint density at radius 1 is 1.03 bits per heavy atom. The number of fused-ring (bicyclic) bond motifs is 1. The summed E-state index contributed by atoms with van der Waals surface area (Å²) in [6, 6.07) is 7.75. The first-order valence-corrected chi connectivity index (χ1v) is 11.2. The standard InChI is InChI=1S/C23H21Cl3N4O2/c1-23(12-27)4-6-30(7-5-23)22-14-9-18(24)28-11-13(14)8-15(29-22)19-20(25)16(31-2)10-17(32-3)21(19)26/h8-11H,4-7H2,1-3H3. The van der Waals surface area contributed by atoms with Gasteiger partial charge in [-0.25, -0.2) is 9.97 Å². The van der Waals surface area contributed by atoms with Gasteiger partial charge in [0.25, 0.3) is 0 Å². The van der Waals surface area contributed by atoms with Gasteiger partial charge in [0.15, 0.2) is 0 Å². The summed E-state index contributed by atoms with van der Waals surface area (Å²) in [5.74, 6) is 1.61. The first-order valence-electron chi connectivity index (χ1n) is 10.0. The zero-order valence-corrected chi connectivity index (χ0v) is 20.1. The minimum Gasteiger partial charge on any atom is -0.495 e. The predicted molar refractivity (Wildman–Crippen MR) is 128 cm³/mol. The molecule has 6 nitrogen and oxygen atoms in total. The van der Waals surface area contributed by atoms with E-state index >= 15 is 0 Å². The molecule has 0 bridgehead atoms. The van der Waals surface area contributed by atoms with Gasteiger partial charge >= 0.3 is 0 Å². The zero-order chi connectivity index (χ0) is 23.0. The van der Waals surface area contributed by atoms with Crippen LogP contribution >= 0.6 is 34.8 Å². The maximum atomic E-state index is 9.50. The van der Waals surface area contributed by atoms with Crippen LogP contribution in [0.3, 0.4) is 0 Å². The molecule has 0 N–H and O–H groups in total. The molecule has 0 spiro atoms. The smallest absolute Gasteiger partial charge is 0.141 e. The van der Waals surface area contributed by atoms with Gasteiger partial charge in [-0.3, -0.25) is 0 Å². The number of nitriles is 1. The van der Waals surface area contributed by atoms with Crippen molar-refractivity contribution in [2.45, 2.75) is 19.8 Å². The second kappa shape index (κ2) is 8.82. The zero-order valence-electron chi connectivity index (χ0n) is 17.9. The van der Waals surface area contributed by atoms with Crippen LogP contribution in [0.5, 0.6) is 11.5 Å². The van der Waals surface area contributed by atoms with Gasteiger partial charge in [-0.15, -0.1) is 0 Å². The maximum Gasteiger partial charge on any atom is 0.141 e. The Morgan fingerprint density at radius 3 is 2.22 bits per heavy atom. The van der Waals surface area contributed by atoms with Gasteiger partial charge < -0.3 is 14.4 Å². The van der Waals surface area contributed by atoms with Crippen molar-refractivity contribution in [3.05, 3.63) is 39.6 Å². The molecule has 1 fully saturated rings. The normalized spacial score (nSPS) is 15.5. The van der Waals surface area contributed by atoms with Crippen molar-refractivity contribution in [2.24, 2.45) is 5.41 Å². The molecule has 0 atom stereocenters. The summed E-state index contributed by atoms with van der Waals surface area (Å²) < 4.78 is 10.8. The van der Waals surface area contributed by atoms with Gasteiger partial charge in [-0.2, -0.15) is 5.26 Å². The van der Waals surface area contributed by atoms with E-state index in [4.69, 9.17) is 49.3 Å². The molecule has 2 aromatic heterocycles. The van der Waals surface area contributed by atoms with Crippen LogP contribution in [0.15, 0.2) is 24.4 Å². The summed E-state index contributed by atoms with van der Waals surface area (Å²) in [5, 5.41) is 12.3. The Morgan fingerprint density at radius 2 is 1.66 bits per heavy atom. The molecule has 3 heterocycles. The van der Waals surface area contributed by atoms with Gasteiger partial charge in [-0.1, -0.05) is 34.8 Å². The van der Waals surface area contributed by atoms with E-state index in [9.17, 15) is 5.26 Å². The van der Waals surface area contributed by atoms with Crippen LogP contribution in [0.1, 0.15) is 19.8 Å². The maximum absolute atomic E-state index is 9.50. The fourth-order valence-corrected chi connectivity index (χ4v) is 4.76. The minimum absolute atomic E-state index is 0.337. The molecule has 1 aliphatic rings. The van der Waals surface area contributed by atoms with Crippen molar-refractivity contribution in [1.82, 2.24) is 9.97 Å². The summed E-state index contributed by atoms with van der Waals surface area (Å²) in [6.45, 7) is 3.38. The number of methoxy groups -OCH3 is 2. The molecule has 0 radical (unpaired) electrons. The van der Waals surface area contributed by atoms with Crippen molar-refractivity contribution in [2.75, 3.05) is 32.2 Å².